The second-order valence-electron chi connectivity index (χ2n) is 16.8. The topological polar surface area (TPSA) is 21.1 Å². The van der Waals surface area contributed by atoms with Crippen LogP contribution in [0.15, 0.2) is 125 Å². The lowest BCUT2D eigenvalue weighted by molar-refractivity contribution is -0.332. The third-order valence-electron chi connectivity index (χ3n) is 11.3. The van der Waals surface area contributed by atoms with Crippen molar-refractivity contribution in [2.75, 3.05) is 0 Å². The van der Waals surface area contributed by atoms with Gasteiger partial charge in [-0.2, -0.15) is 0 Å². The van der Waals surface area contributed by atoms with E-state index in [1.165, 1.54) is 22.3 Å². The minimum Gasteiger partial charge on any atom is -0.459 e. The molecule has 4 heterocycles. The second kappa shape index (κ2) is 11.7. The van der Waals surface area contributed by atoms with Gasteiger partial charge in [0, 0.05) is 17.2 Å². The number of aromatic nitrogens is 1. The predicted octanol–water partition coefficient (Wildman–Crippen LogP) is 11.7. The maximum absolute atomic E-state index is 18.4. The molecule has 1 aliphatic carbocycles. The van der Waals surface area contributed by atoms with Crippen LogP contribution >= 0.6 is 0 Å². The maximum Gasteiger partial charge on any atom is 0.847 e. The van der Waals surface area contributed by atoms with Gasteiger partial charge in [-0.3, -0.25) is 4.48 Å². The number of benzene rings is 4. The third-order valence-corrected chi connectivity index (χ3v) is 11.3. The zero-order valence-corrected chi connectivity index (χ0v) is 31.3. The summed E-state index contributed by atoms with van der Waals surface area (Å²) in [5, 5.41) is 0. The number of nitrogens with zero attached hydrogens (tertiary/aromatic N) is 2. The van der Waals surface area contributed by atoms with Crippen LogP contribution in [0.4, 0.5) is 4.32 Å². The number of fused-ring (bicyclic) bond motifs is 7. The van der Waals surface area contributed by atoms with Crippen molar-refractivity contribution in [3.8, 4) is 11.1 Å². The van der Waals surface area contributed by atoms with E-state index >= 15 is 4.32 Å². The number of hydrogen-bond donors (Lipinski definition) is 0. The van der Waals surface area contributed by atoms with Crippen molar-refractivity contribution in [3.63, 3.8) is 0 Å². The van der Waals surface area contributed by atoms with Crippen LogP contribution in [0.5, 0.6) is 0 Å². The van der Waals surface area contributed by atoms with Crippen LogP contribution in [0.1, 0.15) is 99.2 Å². The lowest BCUT2D eigenvalue weighted by Crippen LogP contribution is -2.41. The van der Waals surface area contributed by atoms with Gasteiger partial charge in [-0.1, -0.05) is 139 Å². The number of furan rings is 1. The first-order chi connectivity index (χ1) is 24.9. The molecule has 52 heavy (non-hydrogen) atoms. The van der Waals surface area contributed by atoms with E-state index in [1.807, 2.05) is 22.0 Å². The van der Waals surface area contributed by atoms with E-state index in [9.17, 15) is 0 Å². The molecule has 0 spiro atoms. The van der Waals surface area contributed by atoms with Gasteiger partial charge in [0.2, 0.25) is 5.70 Å². The van der Waals surface area contributed by atoms with Gasteiger partial charge in [0.25, 0.3) is 0 Å². The van der Waals surface area contributed by atoms with Gasteiger partial charge in [-0.15, -0.1) is 0 Å². The molecule has 0 unspecified atom stereocenters. The summed E-state index contributed by atoms with van der Waals surface area (Å²) in [6, 6.07) is 39.1. The van der Waals surface area contributed by atoms with Gasteiger partial charge in [-0.25, -0.2) is 8.80 Å². The van der Waals surface area contributed by atoms with E-state index in [4.69, 9.17) is 4.42 Å². The Morgan fingerprint density at radius 1 is 0.692 bits per heavy atom. The fourth-order valence-corrected chi connectivity index (χ4v) is 8.69. The molecule has 9 rings (SSSR count). The molecule has 2 aliphatic heterocycles. The molecule has 4 aromatic carbocycles. The van der Waals surface area contributed by atoms with Crippen LogP contribution < -0.4 is 0 Å². The van der Waals surface area contributed by atoms with Crippen LogP contribution in [0, 0.1) is 6.92 Å². The summed E-state index contributed by atoms with van der Waals surface area (Å²) in [6.45, 7) is 15.4. The van der Waals surface area contributed by atoms with Crippen LogP contribution in [-0.4, -0.2) is 21.9 Å². The van der Waals surface area contributed by atoms with E-state index in [0.29, 0.717) is 0 Å². The van der Waals surface area contributed by atoms with Gasteiger partial charge < -0.3 is 4.42 Å². The van der Waals surface area contributed by atoms with Gasteiger partial charge >= 0.3 is 7.26 Å². The zero-order valence-electron chi connectivity index (χ0n) is 31.3. The van der Waals surface area contributed by atoms with E-state index < -0.39 is 7.26 Å². The average Bonchev–Trinajstić information content (AvgIpc) is 3.71. The second-order valence-corrected chi connectivity index (χ2v) is 16.8. The summed E-state index contributed by atoms with van der Waals surface area (Å²) >= 11 is 0. The number of aryl methyl sites for hydroxylation is 2. The van der Waals surface area contributed by atoms with Crippen molar-refractivity contribution in [1.82, 2.24) is 4.48 Å². The number of rotatable bonds is 3. The Labute approximate surface area is 307 Å². The highest BCUT2D eigenvalue weighted by Gasteiger charge is 2.57. The summed E-state index contributed by atoms with van der Waals surface area (Å²) in [5.41, 5.74) is 16.7. The molecule has 0 N–H and O–H groups in total. The van der Waals surface area contributed by atoms with E-state index in [1.54, 1.807) is 0 Å². The SMILES string of the molecule is Cc1cc2c(o1)c(-c1ccc(C(C)(C)C)cc1)c1n2B(F)[N+]2=C3C(=C(c4ccc(C(C)(C)C)cc4)C2=C1c1ccccc1)CCCc1ccccc13. The van der Waals surface area contributed by atoms with Crippen molar-refractivity contribution in [2.45, 2.75) is 78.6 Å². The Morgan fingerprint density at radius 2 is 1.29 bits per heavy atom. The quantitative estimate of drug-likeness (QED) is 0.170. The standard InChI is InChI=1S/C47H45BFN2O/c1-29-28-38-45(52-29)41(33-22-26-35(27-23-33)47(5,6)7)44-40(31-15-9-8-10-16-31)43-39(32-20-24-34(25-21-32)46(2,3)4)37-19-13-17-30-14-11-12-18-36(30)42(37)51(43)48(49)50(38)44/h8-12,14-16,18,20-28H,13,17,19H2,1-7H3/q+1. The predicted molar refractivity (Wildman–Crippen MR) is 214 cm³/mol. The van der Waals surface area contributed by atoms with Crippen molar-refractivity contribution < 1.29 is 13.2 Å². The van der Waals surface area contributed by atoms with Crippen molar-refractivity contribution in [1.29, 1.82) is 0 Å². The summed E-state index contributed by atoms with van der Waals surface area (Å²) < 4.78 is 28.9. The highest BCUT2D eigenvalue weighted by atomic mass is 19.1. The first kappa shape index (κ1) is 32.7. The van der Waals surface area contributed by atoms with E-state index in [0.717, 1.165) is 92.2 Å². The Balaban J connectivity index is 1.44. The molecule has 0 saturated carbocycles. The molecule has 0 atom stereocenters. The third kappa shape index (κ3) is 4.96. The maximum atomic E-state index is 18.4. The Bertz CT molecular complexity index is 2500. The molecule has 3 nitrogen and oxygen atoms in total. The Morgan fingerprint density at radius 3 is 1.94 bits per heavy atom. The summed E-state index contributed by atoms with van der Waals surface area (Å²) in [5.74, 6) is 0.767. The monoisotopic (exact) mass is 683 g/mol. The van der Waals surface area contributed by atoms with Crippen LogP contribution in [-0.2, 0) is 17.3 Å². The van der Waals surface area contributed by atoms with Crippen LogP contribution in [0.25, 0.3) is 33.4 Å². The molecule has 0 fully saturated rings. The summed E-state index contributed by atoms with van der Waals surface area (Å²) in [6.07, 6.45) is 2.83. The van der Waals surface area contributed by atoms with Gasteiger partial charge in [-0.05, 0) is 76.5 Å². The first-order valence-corrected chi connectivity index (χ1v) is 18.7. The normalized spacial score (nSPS) is 16.0. The number of allylic oxidation sites excluding steroid dienone is 2. The van der Waals surface area contributed by atoms with E-state index in [-0.39, 0.29) is 10.8 Å². The molecule has 6 aromatic rings. The van der Waals surface area contributed by atoms with Crippen molar-refractivity contribution >= 4 is 35.2 Å². The molecule has 5 heteroatoms. The van der Waals surface area contributed by atoms with Gasteiger partial charge in [0.15, 0.2) is 11.3 Å². The number of hydrogen-bond acceptors (Lipinski definition) is 1. The lowest BCUT2D eigenvalue weighted by Gasteiger charge is -2.24. The number of halogens is 1. The molecule has 0 radical (unpaired) electrons. The van der Waals surface area contributed by atoms with Crippen LogP contribution in [0.3, 0.4) is 0 Å². The van der Waals surface area contributed by atoms with Crippen molar-refractivity contribution in [2.24, 2.45) is 0 Å². The minimum atomic E-state index is -1.50. The fourth-order valence-electron chi connectivity index (χ4n) is 8.69. The van der Waals surface area contributed by atoms with Crippen LogP contribution in [0.2, 0.25) is 0 Å². The highest BCUT2D eigenvalue weighted by Crippen LogP contribution is 2.52. The molecular formula is C47H45BFN2O+. The first-order valence-electron chi connectivity index (χ1n) is 18.7. The molecule has 0 saturated heterocycles. The fraction of sp³-hybridized carbons (Fsp3) is 0.255. The molecule has 0 bridgehead atoms. The lowest BCUT2D eigenvalue weighted by atomic mass is 9.82. The molecule has 258 valence electrons. The van der Waals surface area contributed by atoms with Gasteiger partial charge in [0.05, 0.1) is 27.9 Å². The summed E-state index contributed by atoms with van der Waals surface area (Å²) in [4.78, 5) is 0. The summed E-state index contributed by atoms with van der Waals surface area (Å²) in [7, 11) is -1.50. The smallest absolute Gasteiger partial charge is 0.459 e. The molecule has 2 aromatic heterocycles. The van der Waals surface area contributed by atoms with Gasteiger partial charge in [0.1, 0.15) is 5.76 Å². The Hall–Kier alpha value is -5.16. The molecular weight excluding hydrogens is 638 g/mol. The van der Waals surface area contributed by atoms with Crippen molar-refractivity contribution in [3.05, 3.63) is 165 Å². The zero-order chi connectivity index (χ0) is 36.1. The highest BCUT2D eigenvalue weighted by molar-refractivity contribution is 6.47. The molecule has 3 aliphatic rings. The molecule has 0 amide bonds. The average molecular weight is 684 g/mol. The van der Waals surface area contributed by atoms with E-state index in [2.05, 4.69) is 145 Å². The largest absolute Gasteiger partial charge is 0.847 e. The Kier molecular flexibility index (Phi) is 7.35. The minimum absolute atomic E-state index is 0.00697.